The SMILES string of the molecule is CN1CCc2nc(C(=O)N[C@@H]3C[C@@H](C(=O)N(C)C)CC[C@@H]3NC(=O)C(=O)Nc3ccc(Cl)cn3)ccc2C1. The van der Waals surface area contributed by atoms with Gasteiger partial charge in [0.2, 0.25) is 5.91 Å². The number of anilines is 1. The molecule has 4 amide bonds. The van der Waals surface area contributed by atoms with Gasteiger partial charge in [-0.15, -0.1) is 0 Å². The Morgan fingerprint density at radius 3 is 2.53 bits per heavy atom. The number of hydrogen-bond donors (Lipinski definition) is 3. The van der Waals surface area contributed by atoms with E-state index in [-0.39, 0.29) is 29.2 Å². The van der Waals surface area contributed by atoms with Crippen LogP contribution in [0.4, 0.5) is 5.82 Å². The highest BCUT2D eigenvalue weighted by molar-refractivity contribution is 6.39. The normalized spacial score (nSPS) is 21.1. The molecule has 4 rings (SSSR count). The molecule has 2 aromatic rings. The van der Waals surface area contributed by atoms with E-state index in [0.717, 1.165) is 30.8 Å². The van der Waals surface area contributed by atoms with Crippen LogP contribution in [0.2, 0.25) is 5.02 Å². The number of nitrogens with one attached hydrogen (secondary N) is 3. The topological polar surface area (TPSA) is 137 Å². The van der Waals surface area contributed by atoms with Crippen molar-refractivity contribution < 1.29 is 19.2 Å². The van der Waals surface area contributed by atoms with Crippen molar-refractivity contribution in [3.8, 4) is 0 Å². The largest absolute Gasteiger partial charge is 0.349 e. The fourth-order valence-corrected chi connectivity index (χ4v) is 4.99. The molecule has 1 fully saturated rings. The van der Waals surface area contributed by atoms with Gasteiger partial charge in [-0.25, -0.2) is 9.97 Å². The average molecular weight is 542 g/mol. The molecule has 2 aliphatic rings. The minimum absolute atomic E-state index is 0.0448. The summed E-state index contributed by atoms with van der Waals surface area (Å²) in [4.78, 5) is 63.4. The third-order valence-corrected chi connectivity index (χ3v) is 7.14. The first kappa shape index (κ1) is 27.5. The minimum Gasteiger partial charge on any atom is -0.349 e. The Bertz CT molecular complexity index is 1220. The number of carbonyl (C=O) groups is 4. The predicted octanol–water partition coefficient (Wildman–Crippen LogP) is 1.23. The van der Waals surface area contributed by atoms with Gasteiger partial charge in [-0.3, -0.25) is 19.2 Å². The maximum Gasteiger partial charge on any atom is 0.314 e. The van der Waals surface area contributed by atoms with E-state index in [2.05, 4.69) is 30.8 Å². The van der Waals surface area contributed by atoms with Crippen molar-refractivity contribution in [2.75, 3.05) is 33.0 Å². The van der Waals surface area contributed by atoms with Crippen molar-refractivity contribution in [3.05, 3.63) is 52.4 Å². The third kappa shape index (κ3) is 6.65. The average Bonchev–Trinajstić information content (AvgIpc) is 2.89. The molecule has 2 aromatic heterocycles. The first-order valence-electron chi connectivity index (χ1n) is 12.5. The fourth-order valence-electron chi connectivity index (χ4n) is 4.88. The molecule has 0 saturated heterocycles. The number of hydrogen-bond acceptors (Lipinski definition) is 7. The Labute approximate surface area is 226 Å². The molecule has 0 radical (unpaired) electrons. The quantitative estimate of drug-likeness (QED) is 0.484. The number of amides is 4. The van der Waals surface area contributed by atoms with Gasteiger partial charge < -0.3 is 25.8 Å². The van der Waals surface area contributed by atoms with Gasteiger partial charge >= 0.3 is 11.8 Å². The minimum atomic E-state index is -0.891. The van der Waals surface area contributed by atoms with E-state index in [0.29, 0.717) is 24.3 Å². The van der Waals surface area contributed by atoms with Gasteiger partial charge in [0.05, 0.1) is 11.1 Å². The van der Waals surface area contributed by atoms with Crippen LogP contribution in [0.15, 0.2) is 30.5 Å². The molecule has 3 atom stereocenters. The van der Waals surface area contributed by atoms with E-state index in [4.69, 9.17) is 11.6 Å². The molecule has 1 aliphatic heterocycles. The number of fused-ring (bicyclic) bond motifs is 1. The standard InChI is InChI=1S/C26H32ClN7O4/c1-33(2)26(38)15-4-7-19(30-24(36)25(37)32-22-9-6-17(27)13-28-22)21(12-15)31-23(35)20-8-5-16-14-34(3)11-10-18(16)29-20/h5-6,8-9,13,15,19,21H,4,7,10-12,14H2,1-3H3,(H,30,36)(H,31,35)(H,28,32,37)/t15-,19-,21+/m0/s1. The Morgan fingerprint density at radius 1 is 1.03 bits per heavy atom. The second-order valence-corrected chi connectivity index (χ2v) is 10.4. The van der Waals surface area contributed by atoms with Gasteiger partial charge in [0.15, 0.2) is 0 Å². The molecule has 11 nitrogen and oxygen atoms in total. The van der Waals surface area contributed by atoms with Crippen molar-refractivity contribution in [1.29, 1.82) is 0 Å². The summed E-state index contributed by atoms with van der Waals surface area (Å²) in [7, 11) is 5.42. The molecule has 1 saturated carbocycles. The van der Waals surface area contributed by atoms with E-state index in [1.54, 1.807) is 26.2 Å². The van der Waals surface area contributed by atoms with E-state index in [9.17, 15) is 19.2 Å². The van der Waals surface area contributed by atoms with Gasteiger partial charge in [-0.2, -0.15) is 0 Å². The van der Waals surface area contributed by atoms with Crippen LogP contribution in [-0.2, 0) is 27.3 Å². The third-order valence-electron chi connectivity index (χ3n) is 6.92. The zero-order chi connectivity index (χ0) is 27.4. The van der Waals surface area contributed by atoms with Gasteiger partial charge in [-0.1, -0.05) is 17.7 Å². The van der Waals surface area contributed by atoms with E-state index in [1.807, 2.05) is 13.1 Å². The van der Waals surface area contributed by atoms with E-state index < -0.39 is 23.9 Å². The summed E-state index contributed by atoms with van der Waals surface area (Å²) in [5.41, 5.74) is 2.28. The number of nitrogens with zero attached hydrogens (tertiary/aromatic N) is 4. The Balaban J connectivity index is 1.46. The zero-order valence-electron chi connectivity index (χ0n) is 21.7. The molecular formula is C26H32ClN7O4. The van der Waals surface area contributed by atoms with Crippen LogP contribution in [0.5, 0.6) is 0 Å². The van der Waals surface area contributed by atoms with Gasteiger partial charge in [0, 0.05) is 57.5 Å². The first-order valence-corrected chi connectivity index (χ1v) is 12.9. The molecule has 3 N–H and O–H groups in total. The molecule has 12 heteroatoms. The number of likely N-dealkylation sites (N-methyl/N-ethyl adjacent to an activating group) is 1. The Kier molecular flexibility index (Phi) is 8.58. The fraction of sp³-hybridized carbons (Fsp3) is 0.462. The second-order valence-electron chi connectivity index (χ2n) is 10.0. The maximum atomic E-state index is 13.2. The summed E-state index contributed by atoms with van der Waals surface area (Å²) in [6.07, 6.45) is 3.36. The van der Waals surface area contributed by atoms with Crippen LogP contribution in [0, 0.1) is 5.92 Å². The number of halogens is 1. The second kappa shape index (κ2) is 11.9. The number of aromatic nitrogens is 2. The van der Waals surface area contributed by atoms with Gasteiger partial charge in [0.25, 0.3) is 5.91 Å². The van der Waals surface area contributed by atoms with Crippen LogP contribution < -0.4 is 16.0 Å². The molecule has 202 valence electrons. The summed E-state index contributed by atoms with van der Waals surface area (Å²) in [6, 6.07) is 5.52. The summed E-state index contributed by atoms with van der Waals surface area (Å²) in [5, 5.41) is 8.53. The summed E-state index contributed by atoms with van der Waals surface area (Å²) in [6.45, 7) is 1.65. The highest BCUT2D eigenvalue weighted by Gasteiger charge is 2.37. The summed E-state index contributed by atoms with van der Waals surface area (Å²) in [5.74, 6) is -2.32. The molecule has 1 aliphatic carbocycles. The lowest BCUT2D eigenvalue weighted by molar-refractivity contribution is -0.137. The molecule has 0 spiro atoms. The maximum absolute atomic E-state index is 13.2. The van der Waals surface area contributed by atoms with Crippen LogP contribution >= 0.6 is 11.6 Å². The van der Waals surface area contributed by atoms with Crippen molar-refractivity contribution in [2.45, 2.75) is 44.3 Å². The number of carbonyl (C=O) groups excluding carboxylic acids is 4. The lowest BCUT2D eigenvalue weighted by atomic mass is 9.81. The van der Waals surface area contributed by atoms with Crippen molar-refractivity contribution in [1.82, 2.24) is 30.4 Å². The smallest absolute Gasteiger partial charge is 0.314 e. The monoisotopic (exact) mass is 541 g/mol. The van der Waals surface area contributed by atoms with Gasteiger partial charge in [0.1, 0.15) is 11.5 Å². The molecule has 0 bridgehead atoms. The molecule has 3 heterocycles. The molecule has 0 aromatic carbocycles. The van der Waals surface area contributed by atoms with Crippen LogP contribution in [0.3, 0.4) is 0 Å². The zero-order valence-corrected chi connectivity index (χ0v) is 22.4. The summed E-state index contributed by atoms with van der Waals surface area (Å²) >= 11 is 5.81. The van der Waals surface area contributed by atoms with E-state index >= 15 is 0 Å². The number of pyridine rings is 2. The van der Waals surface area contributed by atoms with E-state index in [1.165, 1.54) is 17.2 Å². The first-order chi connectivity index (χ1) is 18.1. The van der Waals surface area contributed by atoms with Crippen molar-refractivity contribution >= 4 is 41.0 Å². The highest BCUT2D eigenvalue weighted by atomic mass is 35.5. The van der Waals surface area contributed by atoms with Crippen molar-refractivity contribution in [2.24, 2.45) is 5.92 Å². The Morgan fingerprint density at radius 2 is 1.82 bits per heavy atom. The Hall–Kier alpha value is -3.57. The van der Waals surface area contributed by atoms with Gasteiger partial charge in [-0.05, 0) is 50.1 Å². The lowest BCUT2D eigenvalue weighted by Gasteiger charge is -2.37. The van der Waals surface area contributed by atoms with Crippen LogP contribution in [-0.4, -0.2) is 83.2 Å². The van der Waals surface area contributed by atoms with Crippen LogP contribution in [0.25, 0.3) is 0 Å². The summed E-state index contributed by atoms with van der Waals surface area (Å²) < 4.78 is 0. The highest BCUT2D eigenvalue weighted by Crippen LogP contribution is 2.27. The lowest BCUT2D eigenvalue weighted by Crippen LogP contribution is -2.57. The van der Waals surface area contributed by atoms with Crippen LogP contribution in [0.1, 0.15) is 41.0 Å². The molecule has 38 heavy (non-hydrogen) atoms. The molecular weight excluding hydrogens is 510 g/mol. The molecule has 0 unspecified atom stereocenters. The predicted molar refractivity (Wildman–Crippen MR) is 141 cm³/mol. The van der Waals surface area contributed by atoms with Crippen molar-refractivity contribution in [3.63, 3.8) is 0 Å². The number of rotatable bonds is 5.